The first-order valence-electron chi connectivity index (χ1n) is 4.70. The lowest BCUT2D eigenvalue weighted by atomic mass is 10.1. The van der Waals surface area contributed by atoms with Gasteiger partial charge in [0.15, 0.2) is 0 Å². The summed E-state index contributed by atoms with van der Waals surface area (Å²) < 4.78 is 0. The smallest absolute Gasteiger partial charge is 0.108 e. The summed E-state index contributed by atoms with van der Waals surface area (Å²) in [5, 5.41) is 17.5. The van der Waals surface area contributed by atoms with Gasteiger partial charge >= 0.3 is 0 Å². The number of nitriles is 1. The third-order valence-corrected chi connectivity index (χ3v) is 1.79. The summed E-state index contributed by atoms with van der Waals surface area (Å²) in [6.07, 6.45) is 8.11. The van der Waals surface area contributed by atoms with Gasteiger partial charge in [0, 0.05) is 5.57 Å². The van der Waals surface area contributed by atoms with E-state index in [1.165, 1.54) is 6.08 Å². The Morgan fingerprint density at radius 2 is 1.56 bits per heavy atom. The van der Waals surface area contributed by atoms with E-state index in [0.29, 0.717) is 16.7 Å². The van der Waals surface area contributed by atoms with Crippen LogP contribution in [0.2, 0.25) is 0 Å². The first-order chi connectivity index (χ1) is 7.51. The average Bonchev–Trinajstić information content (AvgIpc) is 2.26. The third-order valence-electron chi connectivity index (χ3n) is 1.79. The molecule has 0 unspecified atom stereocenters. The van der Waals surface area contributed by atoms with E-state index in [4.69, 9.17) is 10.4 Å². The minimum atomic E-state index is -0.0379. The molecule has 0 aromatic rings. The van der Waals surface area contributed by atoms with Crippen LogP contribution in [0.4, 0.5) is 0 Å². The Labute approximate surface area is 96.5 Å². The van der Waals surface area contributed by atoms with Crippen LogP contribution in [0.15, 0.2) is 72.6 Å². The van der Waals surface area contributed by atoms with Crippen molar-refractivity contribution in [3.63, 3.8) is 0 Å². The molecule has 16 heavy (non-hydrogen) atoms. The van der Waals surface area contributed by atoms with Gasteiger partial charge in [-0.25, -0.2) is 0 Å². The summed E-state index contributed by atoms with van der Waals surface area (Å²) >= 11 is 0. The van der Waals surface area contributed by atoms with Gasteiger partial charge in [-0.1, -0.05) is 38.0 Å². The fourth-order valence-corrected chi connectivity index (χ4v) is 0.799. The van der Waals surface area contributed by atoms with Crippen molar-refractivity contribution >= 4 is 0 Å². The molecule has 0 rings (SSSR count). The van der Waals surface area contributed by atoms with Crippen LogP contribution >= 0.6 is 0 Å². The number of allylic oxidation sites excluding steroid dienone is 8. The first-order valence-corrected chi connectivity index (χ1v) is 4.70. The van der Waals surface area contributed by atoms with Gasteiger partial charge in [-0.15, -0.1) is 0 Å². The van der Waals surface area contributed by atoms with Crippen LogP contribution in [0.25, 0.3) is 0 Å². The zero-order chi connectivity index (χ0) is 12.6. The fraction of sp³-hybridized carbons (Fsp3) is 0.0714. The monoisotopic (exact) mass is 213 g/mol. The number of aliphatic hydroxyl groups is 1. The molecule has 0 aliphatic carbocycles. The zero-order valence-electron chi connectivity index (χ0n) is 9.40. The molecule has 0 saturated carbocycles. The second-order valence-corrected chi connectivity index (χ2v) is 3.06. The molecule has 0 aliphatic rings. The highest BCUT2D eigenvalue weighted by Gasteiger charge is 1.92. The molecule has 82 valence electrons. The fourth-order valence-electron chi connectivity index (χ4n) is 0.799. The number of nitrogens with zero attached hydrogens (tertiary/aromatic N) is 1. The highest BCUT2D eigenvalue weighted by molar-refractivity contribution is 5.46. The Bertz CT molecular complexity index is 428. The molecule has 0 aromatic heterocycles. The molecule has 0 spiro atoms. The summed E-state index contributed by atoms with van der Waals surface area (Å²) in [7, 11) is 0. The second-order valence-electron chi connectivity index (χ2n) is 3.06. The van der Waals surface area contributed by atoms with Crippen LogP contribution in [0, 0.1) is 11.3 Å². The van der Waals surface area contributed by atoms with Crippen LogP contribution in [-0.4, -0.2) is 5.11 Å². The Hall–Kier alpha value is -2.27. The summed E-state index contributed by atoms with van der Waals surface area (Å²) in [4.78, 5) is 0. The minimum absolute atomic E-state index is 0.0379. The van der Waals surface area contributed by atoms with Crippen molar-refractivity contribution in [3.05, 3.63) is 72.6 Å². The van der Waals surface area contributed by atoms with Crippen molar-refractivity contribution in [3.8, 4) is 6.07 Å². The molecule has 0 amide bonds. The quantitative estimate of drug-likeness (QED) is 0.429. The van der Waals surface area contributed by atoms with Crippen molar-refractivity contribution in [2.45, 2.75) is 6.92 Å². The Balaban J connectivity index is 4.56. The third kappa shape index (κ3) is 5.46. The van der Waals surface area contributed by atoms with Crippen molar-refractivity contribution in [2.24, 2.45) is 0 Å². The molecular weight excluding hydrogens is 198 g/mol. The van der Waals surface area contributed by atoms with Gasteiger partial charge in [0.05, 0.1) is 6.07 Å². The lowest BCUT2D eigenvalue weighted by molar-refractivity contribution is 0.435. The Morgan fingerprint density at radius 1 is 1.06 bits per heavy atom. The van der Waals surface area contributed by atoms with Crippen LogP contribution < -0.4 is 0 Å². The molecule has 0 fully saturated rings. The molecule has 2 nitrogen and oxygen atoms in total. The van der Waals surface area contributed by atoms with E-state index < -0.39 is 0 Å². The van der Waals surface area contributed by atoms with E-state index in [-0.39, 0.29) is 5.76 Å². The lowest BCUT2D eigenvalue weighted by Gasteiger charge is -1.98. The minimum Gasteiger partial charge on any atom is -0.509 e. The SMILES string of the molecule is C=C(O)/C=C\C(=C)C(=C)/C=C\C(C#N)=C/C. The number of rotatable bonds is 5. The summed E-state index contributed by atoms with van der Waals surface area (Å²) in [5.74, 6) is -0.0379. The Kier molecular flexibility index (Phi) is 6.07. The van der Waals surface area contributed by atoms with E-state index in [1.807, 2.05) is 6.07 Å². The van der Waals surface area contributed by atoms with Gasteiger partial charge in [0.25, 0.3) is 0 Å². The topological polar surface area (TPSA) is 44.0 Å². The molecule has 0 radical (unpaired) electrons. The van der Waals surface area contributed by atoms with Gasteiger partial charge in [-0.05, 0) is 30.2 Å². The van der Waals surface area contributed by atoms with Gasteiger partial charge < -0.3 is 5.11 Å². The first kappa shape index (κ1) is 13.7. The van der Waals surface area contributed by atoms with Crippen molar-refractivity contribution in [1.29, 1.82) is 5.26 Å². The maximum absolute atomic E-state index is 8.86. The van der Waals surface area contributed by atoms with Crippen LogP contribution in [0.3, 0.4) is 0 Å². The predicted octanol–water partition coefficient (Wildman–Crippen LogP) is 3.75. The number of hydrogen-bond acceptors (Lipinski definition) is 2. The maximum Gasteiger partial charge on any atom is 0.108 e. The number of aliphatic hydroxyl groups excluding tert-OH is 1. The normalized spacial score (nSPS) is 11.6. The second kappa shape index (κ2) is 7.08. The van der Waals surface area contributed by atoms with E-state index >= 15 is 0 Å². The van der Waals surface area contributed by atoms with E-state index in [1.54, 1.807) is 31.2 Å². The summed E-state index contributed by atoms with van der Waals surface area (Å²) in [6.45, 7) is 12.7. The molecule has 0 heterocycles. The molecule has 0 bridgehead atoms. The van der Waals surface area contributed by atoms with Crippen LogP contribution in [0.5, 0.6) is 0 Å². The van der Waals surface area contributed by atoms with Crippen molar-refractivity contribution < 1.29 is 5.11 Å². The summed E-state index contributed by atoms with van der Waals surface area (Å²) in [5.41, 5.74) is 1.89. The highest BCUT2D eigenvalue weighted by Crippen LogP contribution is 2.10. The van der Waals surface area contributed by atoms with Crippen molar-refractivity contribution in [1.82, 2.24) is 0 Å². The van der Waals surface area contributed by atoms with E-state index in [9.17, 15) is 0 Å². The average molecular weight is 213 g/mol. The van der Waals surface area contributed by atoms with Gasteiger partial charge in [-0.2, -0.15) is 5.26 Å². The molecule has 0 aliphatic heterocycles. The lowest BCUT2D eigenvalue weighted by Crippen LogP contribution is -1.80. The van der Waals surface area contributed by atoms with Gasteiger partial charge in [0.1, 0.15) is 5.76 Å². The molecule has 0 saturated heterocycles. The van der Waals surface area contributed by atoms with Gasteiger partial charge in [-0.3, -0.25) is 0 Å². The largest absolute Gasteiger partial charge is 0.509 e. The molecule has 1 N–H and O–H groups in total. The van der Waals surface area contributed by atoms with E-state index in [2.05, 4.69) is 19.7 Å². The van der Waals surface area contributed by atoms with E-state index in [0.717, 1.165) is 0 Å². The molecule has 2 heteroatoms. The summed E-state index contributed by atoms with van der Waals surface area (Å²) in [6, 6.07) is 2.03. The highest BCUT2D eigenvalue weighted by atomic mass is 16.3. The van der Waals surface area contributed by atoms with Crippen LogP contribution in [-0.2, 0) is 0 Å². The maximum atomic E-state index is 8.86. The van der Waals surface area contributed by atoms with Crippen LogP contribution in [0.1, 0.15) is 6.92 Å². The standard InChI is InChI=1S/C14H15NO/c1-5-14(10-15)9-7-12(3)11(2)6-8-13(4)16/h5-9,16H,2-4H2,1H3/b8-6-,9-7-,14-5+. The number of hydrogen-bond donors (Lipinski definition) is 1. The molecule has 0 atom stereocenters. The predicted molar refractivity (Wildman–Crippen MR) is 67.7 cm³/mol. The molecular formula is C14H15NO. The van der Waals surface area contributed by atoms with Gasteiger partial charge in [0.2, 0.25) is 0 Å². The zero-order valence-corrected chi connectivity index (χ0v) is 9.40. The Morgan fingerprint density at radius 3 is 1.94 bits per heavy atom. The molecule has 0 aromatic carbocycles. The van der Waals surface area contributed by atoms with Crippen molar-refractivity contribution in [2.75, 3.05) is 0 Å².